The summed E-state index contributed by atoms with van der Waals surface area (Å²) in [6.07, 6.45) is -0.871. The molecule has 1 atom stereocenters. The van der Waals surface area contributed by atoms with Gasteiger partial charge in [0, 0.05) is 50.5 Å². The first-order valence-corrected chi connectivity index (χ1v) is 8.51. The summed E-state index contributed by atoms with van der Waals surface area (Å²) >= 11 is 1.43. The molecular weight excluding hydrogens is 379 g/mol. The zero-order chi connectivity index (χ0) is 17.2. The monoisotopic (exact) mass is 397 g/mol. The lowest BCUT2D eigenvalue weighted by Gasteiger charge is -2.35. The molecule has 1 amide bonds. The first-order chi connectivity index (χ1) is 11.4. The molecule has 25 heavy (non-hydrogen) atoms. The van der Waals surface area contributed by atoms with Crippen LogP contribution in [0.25, 0.3) is 4.96 Å². The van der Waals surface area contributed by atoms with Crippen LogP contribution in [0.1, 0.15) is 5.69 Å². The molecule has 3 heterocycles. The fourth-order valence-corrected chi connectivity index (χ4v) is 3.46. The molecule has 0 aromatic carbocycles. The lowest BCUT2D eigenvalue weighted by Crippen LogP contribution is -2.57. The second-order valence-electron chi connectivity index (χ2n) is 5.65. The normalized spacial score (nSPS) is 17.2. The van der Waals surface area contributed by atoms with Gasteiger partial charge in [-0.2, -0.15) is 13.2 Å². The molecule has 0 radical (unpaired) electrons. The van der Waals surface area contributed by atoms with Gasteiger partial charge in [0.05, 0.1) is 12.1 Å². The molecule has 0 saturated carbocycles. The number of piperazine rings is 1. The van der Waals surface area contributed by atoms with Crippen LogP contribution in [-0.2, 0) is 11.2 Å². The van der Waals surface area contributed by atoms with E-state index < -0.39 is 24.7 Å². The average Bonchev–Trinajstić information content (AvgIpc) is 3.08. The van der Waals surface area contributed by atoms with Crippen LogP contribution in [-0.4, -0.2) is 65.1 Å². The van der Waals surface area contributed by atoms with Crippen LogP contribution in [0.5, 0.6) is 0 Å². The van der Waals surface area contributed by atoms with Crippen molar-refractivity contribution >= 4 is 34.6 Å². The Kier molecular flexibility index (Phi) is 6.66. The zero-order valence-electron chi connectivity index (χ0n) is 13.3. The quantitative estimate of drug-likeness (QED) is 0.798. The van der Waals surface area contributed by atoms with E-state index in [1.54, 1.807) is 10.6 Å². The second kappa shape index (κ2) is 8.35. The van der Waals surface area contributed by atoms with Crippen molar-refractivity contribution in [2.24, 2.45) is 0 Å². The zero-order valence-corrected chi connectivity index (χ0v) is 14.9. The lowest BCUT2D eigenvalue weighted by molar-refractivity contribution is -0.184. The van der Waals surface area contributed by atoms with Crippen LogP contribution in [0.4, 0.5) is 13.2 Å². The summed E-state index contributed by atoms with van der Waals surface area (Å²) in [4.78, 5) is 18.3. The number of imidazole rings is 1. The van der Waals surface area contributed by atoms with E-state index in [0.29, 0.717) is 31.9 Å². The highest BCUT2D eigenvalue weighted by Gasteiger charge is 2.43. The Morgan fingerprint density at radius 2 is 2.12 bits per heavy atom. The number of amides is 1. The minimum atomic E-state index is -4.37. The number of halogens is 4. The van der Waals surface area contributed by atoms with E-state index in [1.807, 2.05) is 11.6 Å². The van der Waals surface area contributed by atoms with Crippen LogP contribution in [0.15, 0.2) is 17.8 Å². The standard InChI is InChI=1S/C14H18F3N5OS.ClH/c15-14(16,17)11(21-3-1-18-2-4-21)8-19-12(23)7-10-9-22-5-6-24-13(22)20-10;/h5-6,9,11,18H,1-4,7-8H2,(H,19,23);1H. The molecule has 6 nitrogen and oxygen atoms in total. The van der Waals surface area contributed by atoms with Gasteiger partial charge >= 0.3 is 6.18 Å². The van der Waals surface area contributed by atoms with Crippen LogP contribution in [0.2, 0.25) is 0 Å². The summed E-state index contributed by atoms with van der Waals surface area (Å²) in [5.74, 6) is -0.454. The average molecular weight is 398 g/mol. The Labute approximate surface area is 152 Å². The number of fused-ring (bicyclic) bond motifs is 1. The minimum absolute atomic E-state index is 0. The van der Waals surface area contributed by atoms with Gasteiger partial charge < -0.3 is 10.6 Å². The third-order valence-corrected chi connectivity index (χ3v) is 4.72. The van der Waals surface area contributed by atoms with E-state index in [0.717, 1.165) is 4.96 Å². The largest absolute Gasteiger partial charge is 0.405 e. The Hall–Kier alpha value is -1.36. The highest BCUT2D eigenvalue weighted by atomic mass is 35.5. The maximum absolute atomic E-state index is 13.3. The van der Waals surface area contributed by atoms with Gasteiger partial charge in [0.2, 0.25) is 5.91 Å². The number of hydrogen-bond donors (Lipinski definition) is 2. The van der Waals surface area contributed by atoms with Gasteiger partial charge in [-0.1, -0.05) is 0 Å². The molecule has 0 spiro atoms. The third kappa shape index (κ3) is 5.06. The summed E-state index contributed by atoms with van der Waals surface area (Å²) in [5.41, 5.74) is 0.546. The number of aromatic nitrogens is 2. The lowest BCUT2D eigenvalue weighted by atomic mass is 10.2. The predicted molar refractivity (Wildman–Crippen MR) is 91.3 cm³/mol. The van der Waals surface area contributed by atoms with E-state index in [2.05, 4.69) is 15.6 Å². The van der Waals surface area contributed by atoms with Gasteiger partial charge in [-0.05, 0) is 0 Å². The van der Waals surface area contributed by atoms with Gasteiger partial charge in [-0.3, -0.25) is 14.1 Å². The first kappa shape index (κ1) is 20.0. The Balaban J connectivity index is 0.00000225. The number of nitrogens with one attached hydrogen (secondary N) is 2. The van der Waals surface area contributed by atoms with Crippen LogP contribution < -0.4 is 10.6 Å². The van der Waals surface area contributed by atoms with Crippen molar-refractivity contribution in [3.8, 4) is 0 Å². The fraction of sp³-hybridized carbons (Fsp3) is 0.571. The summed E-state index contributed by atoms with van der Waals surface area (Å²) in [6.45, 7) is 1.23. The molecule has 2 aromatic heterocycles. The van der Waals surface area contributed by atoms with Gasteiger partial charge in [0.15, 0.2) is 4.96 Å². The predicted octanol–water partition coefficient (Wildman–Crippen LogP) is 1.31. The Bertz CT molecular complexity index is 670. The summed E-state index contributed by atoms with van der Waals surface area (Å²) in [6, 6.07) is -1.66. The minimum Gasteiger partial charge on any atom is -0.354 e. The molecule has 2 aromatic rings. The van der Waals surface area contributed by atoms with Crippen LogP contribution in [0.3, 0.4) is 0 Å². The number of carbonyl (C=O) groups is 1. The summed E-state index contributed by atoms with van der Waals surface area (Å²) in [5, 5.41) is 7.30. The SMILES string of the molecule is Cl.O=C(Cc1cn2ccsc2n1)NCC(N1CCNCC1)C(F)(F)F. The number of alkyl halides is 3. The molecular formula is C14H19ClF3N5OS. The fourth-order valence-electron chi connectivity index (χ4n) is 2.74. The van der Waals surface area contributed by atoms with Crippen molar-refractivity contribution in [2.75, 3.05) is 32.7 Å². The van der Waals surface area contributed by atoms with Crippen LogP contribution in [0, 0.1) is 0 Å². The molecule has 140 valence electrons. The first-order valence-electron chi connectivity index (χ1n) is 7.63. The van der Waals surface area contributed by atoms with Gasteiger partial charge in [-0.25, -0.2) is 4.98 Å². The Morgan fingerprint density at radius 3 is 2.76 bits per heavy atom. The van der Waals surface area contributed by atoms with E-state index in [1.165, 1.54) is 16.2 Å². The van der Waals surface area contributed by atoms with E-state index in [9.17, 15) is 18.0 Å². The van der Waals surface area contributed by atoms with Crippen molar-refractivity contribution in [3.05, 3.63) is 23.5 Å². The molecule has 0 aliphatic carbocycles. The molecule has 2 N–H and O–H groups in total. The maximum Gasteiger partial charge on any atom is 0.405 e. The van der Waals surface area contributed by atoms with Crippen molar-refractivity contribution in [1.82, 2.24) is 24.9 Å². The Morgan fingerprint density at radius 1 is 1.40 bits per heavy atom. The topological polar surface area (TPSA) is 61.7 Å². The van der Waals surface area contributed by atoms with E-state index in [4.69, 9.17) is 0 Å². The highest BCUT2D eigenvalue weighted by molar-refractivity contribution is 7.15. The maximum atomic E-state index is 13.3. The molecule has 11 heteroatoms. The number of thiazole rings is 1. The van der Waals surface area contributed by atoms with Gasteiger partial charge in [0.1, 0.15) is 6.04 Å². The van der Waals surface area contributed by atoms with Crippen molar-refractivity contribution < 1.29 is 18.0 Å². The third-order valence-electron chi connectivity index (χ3n) is 3.95. The number of carbonyl (C=O) groups excluding carboxylic acids is 1. The van der Waals surface area contributed by atoms with Crippen LogP contribution >= 0.6 is 23.7 Å². The summed E-state index contributed by atoms with van der Waals surface area (Å²) in [7, 11) is 0. The van der Waals surface area contributed by atoms with Gasteiger partial charge in [-0.15, -0.1) is 23.7 Å². The van der Waals surface area contributed by atoms with Crippen molar-refractivity contribution in [3.63, 3.8) is 0 Å². The number of hydrogen-bond acceptors (Lipinski definition) is 5. The van der Waals surface area contributed by atoms with Gasteiger partial charge in [0.25, 0.3) is 0 Å². The molecule has 1 aliphatic rings. The van der Waals surface area contributed by atoms with Crippen molar-refractivity contribution in [2.45, 2.75) is 18.6 Å². The molecule has 1 saturated heterocycles. The summed E-state index contributed by atoms with van der Waals surface area (Å²) < 4.78 is 41.5. The number of rotatable bonds is 5. The number of nitrogens with zero attached hydrogens (tertiary/aromatic N) is 3. The molecule has 1 aliphatic heterocycles. The molecule has 1 unspecified atom stereocenters. The van der Waals surface area contributed by atoms with E-state index in [-0.39, 0.29) is 18.8 Å². The molecule has 3 rings (SSSR count). The van der Waals surface area contributed by atoms with Crippen molar-refractivity contribution in [1.29, 1.82) is 0 Å². The molecule has 0 bridgehead atoms. The molecule has 1 fully saturated rings. The highest BCUT2D eigenvalue weighted by Crippen LogP contribution is 2.24. The van der Waals surface area contributed by atoms with E-state index >= 15 is 0 Å². The smallest absolute Gasteiger partial charge is 0.354 e. The second-order valence-corrected chi connectivity index (χ2v) is 6.52.